The minimum absolute atomic E-state index is 0.0219. The molecule has 3 aromatic heterocycles. The van der Waals surface area contributed by atoms with Crippen LogP contribution in [0, 0.1) is 0 Å². The van der Waals surface area contributed by atoms with Gasteiger partial charge in [-0.15, -0.1) is 22.7 Å². The summed E-state index contributed by atoms with van der Waals surface area (Å²) >= 11 is 9.64. The summed E-state index contributed by atoms with van der Waals surface area (Å²) in [6.07, 6.45) is -0.733. The summed E-state index contributed by atoms with van der Waals surface area (Å²) in [5.74, 6) is 0.911. The Kier molecular flexibility index (Phi) is 13.2. The Hall–Kier alpha value is -2.24. The number of hydrogen-bond acceptors (Lipinski definition) is 10. The van der Waals surface area contributed by atoms with Crippen molar-refractivity contribution in [2.24, 2.45) is 0 Å². The van der Waals surface area contributed by atoms with Crippen molar-refractivity contribution in [1.82, 2.24) is 15.3 Å². The number of rotatable bonds is 11. The third-order valence-electron chi connectivity index (χ3n) is 9.05. The first-order valence-electron chi connectivity index (χ1n) is 17.3. The molecule has 1 N–H and O–H groups in total. The topological polar surface area (TPSA) is 112 Å². The van der Waals surface area contributed by atoms with Crippen LogP contribution in [0.2, 0.25) is 41.5 Å². The van der Waals surface area contributed by atoms with Gasteiger partial charge in [0.25, 0.3) is 8.32 Å². The number of aromatic nitrogens is 2. The van der Waals surface area contributed by atoms with Crippen molar-refractivity contribution in [2.75, 3.05) is 11.5 Å². The van der Waals surface area contributed by atoms with E-state index < -0.39 is 46.1 Å². The van der Waals surface area contributed by atoms with Crippen molar-refractivity contribution < 1.29 is 27.9 Å². The van der Waals surface area contributed by atoms with Crippen molar-refractivity contribution in [2.45, 2.75) is 150 Å². The van der Waals surface area contributed by atoms with Gasteiger partial charge in [0.15, 0.2) is 14.1 Å². The van der Waals surface area contributed by atoms with E-state index in [0.29, 0.717) is 28.2 Å². The molecule has 0 aliphatic heterocycles. The molecule has 3 aromatic rings. The number of fused-ring (bicyclic) bond motifs is 1. The van der Waals surface area contributed by atoms with Crippen LogP contribution in [0.4, 0.5) is 15.4 Å². The lowest BCUT2D eigenvalue weighted by Gasteiger charge is -2.38. The molecule has 0 aliphatic carbocycles. The maximum absolute atomic E-state index is 13.9. The van der Waals surface area contributed by atoms with Crippen molar-refractivity contribution in [3.63, 3.8) is 0 Å². The number of hydrogen-bond donors (Lipinski definition) is 1. The number of anilines is 1. The van der Waals surface area contributed by atoms with Gasteiger partial charge in [-0.3, -0.25) is 4.90 Å². The van der Waals surface area contributed by atoms with Crippen LogP contribution in [-0.4, -0.2) is 62.6 Å². The number of thiophene rings is 2. The highest BCUT2D eigenvalue weighted by Gasteiger charge is 2.42. The van der Waals surface area contributed by atoms with E-state index in [1.807, 2.05) is 59.1 Å². The van der Waals surface area contributed by atoms with E-state index in [0.717, 1.165) is 9.75 Å². The number of amides is 2. The van der Waals surface area contributed by atoms with Gasteiger partial charge in [0.05, 0.1) is 24.1 Å². The van der Waals surface area contributed by atoms with Gasteiger partial charge in [-0.1, -0.05) is 47.6 Å². The normalized spacial score (nSPS) is 14.0. The summed E-state index contributed by atoms with van der Waals surface area (Å²) in [6.45, 7) is 33.3. The zero-order chi connectivity index (χ0) is 39.0. The van der Waals surface area contributed by atoms with Crippen molar-refractivity contribution in [3.05, 3.63) is 32.6 Å². The smallest absolute Gasteiger partial charge is 0.416 e. The Balaban J connectivity index is 2.27. The lowest BCUT2D eigenvalue weighted by atomic mass is 10.1. The van der Waals surface area contributed by atoms with Crippen LogP contribution < -0.4 is 14.6 Å². The molecule has 0 fully saturated rings. The second-order valence-corrected chi connectivity index (χ2v) is 30.0. The Morgan fingerprint density at radius 2 is 1.49 bits per heavy atom. The predicted molar refractivity (Wildman–Crippen MR) is 217 cm³/mol. The number of halogens is 1. The van der Waals surface area contributed by atoms with Gasteiger partial charge < -0.3 is 23.6 Å². The molecule has 51 heavy (non-hydrogen) atoms. The number of carbonyl (C=O) groups is 2. The SMILES string of the molecule is CC(C)(C)OC(=O)NC(CO[Si](C)(C)C(C)(C)C)Cc1sc2c(N(Cc3cccs3)C(=O)OC(C)(C)C)nc(Cl)nc2c1O[Si](C)(C)C(C)(C)C. The minimum atomic E-state index is -2.45. The van der Waals surface area contributed by atoms with E-state index in [2.05, 4.69) is 78.0 Å². The summed E-state index contributed by atoms with van der Waals surface area (Å²) in [4.78, 5) is 39.8. The third-order valence-corrected chi connectivity index (χ3v) is 20.1. The number of carbonyl (C=O) groups excluding carboxylic acids is 2. The van der Waals surface area contributed by atoms with E-state index >= 15 is 0 Å². The van der Waals surface area contributed by atoms with Gasteiger partial charge in [-0.2, -0.15) is 4.98 Å². The molecular formula is C36H59ClN4O6S2Si2. The molecule has 0 aromatic carbocycles. The van der Waals surface area contributed by atoms with Gasteiger partial charge in [0, 0.05) is 11.3 Å². The molecule has 0 saturated heterocycles. The van der Waals surface area contributed by atoms with Gasteiger partial charge in [-0.05, 0) is 101 Å². The minimum Gasteiger partial charge on any atom is -0.541 e. The Labute approximate surface area is 320 Å². The highest BCUT2D eigenvalue weighted by Crippen LogP contribution is 2.47. The Morgan fingerprint density at radius 3 is 2.00 bits per heavy atom. The molecule has 2 amide bonds. The number of nitrogens with zero attached hydrogens (tertiary/aromatic N) is 3. The van der Waals surface area contributed by atoms with Crippen molar-refractivity contribution >= 4 is 79.1 Å². The lowest BCUT2D eigenvalue weighted by molar-refractivity contribution is 0.0484. The largest absolute Gasteiger partial charge is 0.541 e. The van der Waals surface area contributed by atoms with Crippen LogP contribution in [0.3, 0.4) is 0 Å². The summed E-state index contributed by atoms with van der Waals surface area (Å²) in [5.41, 5.74) is -0.920. The fourth-order valence-corrected chi connectivity index (χ4v) is 8.53. The number of ether oxygens (including phenoxy) is 2. The van der Waals surface area contributed by atoms with E-state index in [1.165, 1.54) is 27.6 Å². The first-order chi connectivity index (χ1) is 23.0. The number of nitrogens with one attached hydrogen (secondary N) is 1. The van der Waals surface area contributed by atoms with Gasteiger partial charge in [-0.25, -0.2) is 14.6 Å². The summed E-state index contributed by atoms with van der Waals surface area (Å²) < 4.78 is 25.9. The molecule has 0 bridgehead atoms. The fraction of sp³-hybridized carbons (Fsp3) is 0.667. The van der Waals surface area contributed by atoms with Gasteiger partial charge in [0.2, 0.25) is 5.28 Å². The maximum atomic E-state index is 13.9. The molecule has 0 radical (unpaired) electrons. The van der Waals surface area contributed by atoms with Crippen LogP contribution in [-0.2, 0) is 26.9 Å². The average Bonchev–Trinajstić information content (AvgIpc) is 3.55. The van der Waals surface area contributed by atoms with E-state index in [9.17, 15) is 9.59 Å². The summed E-state index contributed by atoms with van der Waals surface area (Å²) in [6, 6.07) is 3.43. The third kappa shape index (κ3) is 11.9. The van der Waals surface area contributed by atoms with Crippen LogP contribution in [0.1, 0.15) is 92.8 Å². The fourth-order valence-electron chi connectivity index (χ4n) is 4.27. The standard InChI is InChI=1S/C36H59ClN4O6S2Si2/c1-33(2,3)45-31(42)38-23(22-44-50(13,14)35(7,8)9)20-25-27(47-51(15,16)36(10,11)12)26-28(49-25)29(40-30(37)39-26)41(21-24-18-17-19-48-24)32(43)46-34(4,5)6/h17-19,23H,20-22H2,1-16H3,(H,38,42). The zero-order valence-corrected chi connectivity index (χ0v) is 37.8. The molecule has 0 spiro atoms. The van der Waals surface area contributed by atoms with E-state index in [4.69, 9.17) is 34.9 Å². The average molecular weight is 800 g/mol. The summed E-state index contributed by atoms with van der Waals surface area (Å²) in [7, 11) is -4.65. The molecular weight excluding hydrogens is 740 g/mol. The second kappa shape index (κ2) is 15.6. The molecule has 10 nitrogen and oxygen atoms in total. The van der Waals surface area contributed by atoms with E-state index in [-0.39, 0.29) is 28.5 Å². The van der Waals surface area contributed by atoms with Gasteiger partial charge >= 0.3 is 12.2 Å². The zero-order valence-electron chi connectivity index (χ0n) is 33.4. The van der Waals surface area contributed by atoms with Gasteiger partial charge in [0.1, 0.15) is 27.2 Å². The monoisotopic (exact) mass is 798 g/mol. The molecule has 286 valence electrons. The van der Waals surface area contributed by atoms with Crippen LogP contribution in [0.5, 0.6) is 5.75 Å². The molecule has 1 atom stereocenters. The molecule has 1 unspecified atom stereocenters. The molecule has 3 heterocycles. The van der Waals surface area contributed by atoms with Crippen molar-refractivity contribution in [1.29, 1.82) is 0 Å². The molecule has 3 rings (SSSR count). The predicted octanol–water partition coefficient (Wildman–Crippen LogP) is 11.2. The highest BCUT2D eigenvalue weighted by atomic mass is 35.5. The second-order valence-electron chi connectivity index (χ2n) is 18.0. The molecule has 15 heteroatoms. The lowest BCUT2D eigenvalue weighted by Crippen LogP contribution is -2.48. The van der Waals surface area contributed by atoms with Crippen LogP contribution >= 0.6 is 34.3 Å². The quantitative estimate of drug-likeness (QED) is 0.151. The highest BCUT2D eigenvalue weighted by molar-refractivity contribution is 7.20. The van der Waals surface area contributed by atoms with Crippen molar-refractivity contribution in [3.8, 4) is 5.75 Å². The van der Waals surface area contributed by atoms with Crippen LogP contribution in [0.15, 0.2) is 17.5 Å². The van der Waals surface area contributed by atoms with Crippen LogP contribution in [0.25, 0.3) is 10.2 Å². The van der Waals surface area contributed by atoms with E-state index in [1.54, 1.807) is 0 Å². The molecule has 0 saturated carbocycles. The first-order valence-corrected chi connectivity index (χ1v) is 25.2. The Bertz CT molecular complexity index is 1670. The number of alkyl carbamates (subject to hydrolysis) is 1. The summed E-state index contributed by atoms with van der Waals surface area (Å²) in [5, 5.41) is 4.85. The maximum Gasteiger partial charge on any atom is 0.416 e. The molecule has 0 aliphatic rings. The first kappa shape index (κ1) is 43.2. The Morgan fingerprint density at radius 1 is 0.902 bits per heavy atom.